The summed E-state index contributed by atoms with van der Waals surface area (Å²) in [7, 11) is 0. The smallest absolute Gasteiger partial charge is 0.326 e. The monoisotopic (exact) mass is 399 g/mol. The number of amides is 1. The summed E-state index contributed by atoms with van der Waals surface area (Å²) in [6.07, 6.45) is 1.09. The van der Waals surface area contributed by atoms with Crippen molar-refractivity contribution in [2.75, 3.05) is 6.61 Å². The molecule has 0 aliphatic heterocycles. The minimum atomic E-state index is -1.13. The molecule has 0 saturated carbocycles. The summed E-state index contributed by atoms with van der Waals surface area (Å²) in [5, 5.41) is 11.9. The van der Waals surface area contributed by atoms with E-state index in [0.717, 1.165) is 6.42 Å². The first-order chi connectivity index (χ1) is 13.9. The van der Waals surface area contributed by atoms with Crippen LogP contribution in [0.3, 0.4) is 0 Å². The number of esters is 1. The van der Waals surface area contributed by atoms with E-state index in [1.165, 1.54) is 12.5 Å². The van der Waals surface area contributed by atoms with E-state index in [0.29, 0.717) is 17.1 Å². The van der Waals surface area contributed by atoms with Crippen LogP contribution in [-0.2, 0) is 27.2 Å². The zero-order chi connectivity index (χ0) is 21.2. The Morgan fingerprint density at radius 2 is 1.55 bits per heavy atom. The Morgan fingerprint density at radius 1 is 0.966 bits per heavy atom. The molecule has 0 spiro atoms. The molecule has 0 bridgehead atoms. The standard InChI is InChI=1S/C22H25NO6/c1-3-16-4-8-18(9-5-16)28-13-12-21(25)23-20(22(26)27)14-17-6-10-19(11-7-17)29-15(2)24/h4-11,20H,3,12-14H2,1-2H3,(H,23,25)(H,26,27). The van der Waals surface area contributed by atoms with E-state index in [1.54, 1.807) is 24.3 Å². The Kier molecular flexibility index (Phi) is 8.21. The Balaban J connectivity index is 1.83. The Labute approximate surface area is 169 Å². The number of ether oxygens (including phenoxy) is 2. The summed E-state index contributed by atoms with van der Waals surface area (Å²) < 4.78 is 10.5. The first-order valence-corrected chi connectivity index (χ1v) is 9.38. The van der Waals surface area contributed by atoms with Crippen LogP contribution in [0.15, 0.2) is 48.5 Å². The molecule has 1 unspecified atom stereocenters. The molecule has 2 N–H and O–H groups in total. The van der Waals surface area contributed by atoms with Gasteiger partial charge in [0.2, 0.25) is 5.91 Å². The largest absolute Gasteiger partial charge is 0.493 e. The number of hydrogen-bond acceptors (Lipinski definition) is 5. The first-order valence-electron chi connectivity index (χ1n) is 9.38. The van der Waals surface area contributed by atoms with Crippen LogP contribution in [0.5, 0.6) is 11.5 Å². The number of nitrogens with one attached hydrogen (secondary N) is 1. The van der Waals surface area contributed by atoms with Gasteiger partial charge >= 0.3 is 11.9 Å². The van der Waals surface area contributed by atoms with Gasteiger partial charge in [-0.15, -0.1) is 0 Å². The van der Waals surface area contributed by atoms with E-state index in [-0.39, 0.29) is 19.4 Å². The summed E-state index contributed by atoms with van der Waals surface area (Å²) in [5.41, 5.74) is 1.89. The minimum Gasteiger partial charge on any atom is -0.493 e. The highest BCUT2D eigenvalue weighted by Gasteiger charge is 2.20. The number of carbonyl (C=O) groups is 3. The van der Waals surface area contributed by atoms with Crippen LogP contribution >= 0.6 is 0 Å². The van der Waals surface area contributed by atoms with Crippen LogP contribution in [0.25, 0.3) is 0 Å². The fourth-order valence-electron chi connectivity index (χ4n) is 2.64. The predicted octanol–water partition coefficient (Wildman–Crippen LogP) is 2.76. The van der Waals surface area contributed by atoms with Crippen LogP contribution < -0.4 is 14.8 Å². The molecule has 2 aromatic carbocycles. The number of aliphatic carboxylic acids is 1. The van der Waals surface area contributed by atoms with Crippen LogP contribution in [0.1, 0.15) is 31.4 Å². The number of carbonyl (C=O) groups excluding carboxylic acids is 2. The van der Waals surface area contributed by atoms with Gasteiger partial charge in [-0.1, -0.05) is 31.2 Å². The fourth-order valence-corrected chi connectivity index (χ4v) is 2.64. The minimum absolute atomic E-state index is 0.0463. The molecule has 0 heterocycles. The normalized spacial score (nSPS) is 11.4. The summed E-state index contributed by atoms with van der Waals surface area (Å²) in [4.78, 5) is 34.5. The quantitative estimate of drug-likeness (QED) is 0.471. The second-order valence-electron chi connectivity index (χ2n) is 6.50. The van der Waals surface area contributed by atoms with Crippen molar-refractivity contribution in [3.05, 3.63) is 59.7 Å². The topological polar surface area (TPSA) is 102 Å². The van der Waals surface area contributed by atoms with Crippen LogP contribution in [0.4, 0.5) is 0 Å². The lowest BCUT2D eigenvalue weighted by atomic mass is 10.1. The number of carboxylic acids is 1. The third kappa shape index (κ3) is 7.65. The molecule has 0 saturated heterocycles. The van der Waals surface area contributed by atoms with Crippen LogP contribution in [0.2, 0.25) is 0 Å². The fraction of sp³-hybridized carbons (Fsp3) is 0.318. The van der Waals surface area contributed by atoms with Gasteiger partial charge in [-0.3, -0.25) is 9.59 Å². The summed E-state index contributed by atoms with van der Waals surface area (Å²) >= 11 is 0. The summed E-state index contributed by atoms with van der Waals surface area (Å²) in [6.45, 7) is 3.52. The van der Waals surface area contributed by atoms with E-state index in [1.807, 2.05) is 24.3 Å². The van der Waals surface area contributed by atoms with Gasteiger partial charge in [0.05, 0.1) is 13.0 Å². The molecule has 0 aliphatic carbocycles. The maximum absolute atomic E-state index is 12.1. The predicted molar refractivity (Wildman–Crippen MR) is 107 cm³/mol. The zero-order valence-corrected chi connectivity index (χ0v) is 16.5. The van der Waals surface area contributed by atoms with Crippen molar-refractivity contribution in [1.29, 1.82) is 0 Å². The van der Waals surface area contributed by atoms with Gasteiger partial charge in [0, 0.05) is 13.3 Å². The van der Waals surface area contributed by atoms with E-state index in [4.69, 9.17) is 9.47 Å². The zero-order valence-electron chi connectivity index (χ0n) is 16.5. The number of hydrogen-bond donors (Lipinski definition) is 2. The second-order valence-corrected chi connectivity index (χ2v) is 6.50. The first kappa shape index (κ1) is 21.9. The maximum Gasteiger partial charge on any atom is 0.326 e. The van der Waals surface area contributed by atoms with Gasteiger partial charge in [-0.25, -0.2) is 4.79 Å². The molecule has 7 nitrogen and oxygen atoms in total. The molecule has 0 radical (unpaired) electrons. The maximum atomic E-state index is 12.1. The number of rotatable bonds is 10. The summed E-state index contributed by atoms with van der Waals surface area (Å²) in [6, 6.07) is 13.0. The number of carboxylic acid groups (broad SMARTS) is 1. The average Bonchev–Trinajstić information content (AvgIpc) is 2.69. The summed E-state index contributed by atoms with van der Waals surface area (Å²) in [5.74, 6) is -0.923. The number of benzene rings is 2. The second kappa shape index (κ2) is 10.8. The van der Waals surface area contributed by atoms with Crippen molar-refractivity contribution >= 4 is 17.8 Å². The molecule has 2 rings (SSSR count). The van der Waals surface area contributed by atoms with Crippen molar-refractivity contribution in [3.63, 3.8) is 0 Å². The van der Waals surface area contributed by atoms with Crippen molar-refractivity contribution in [3.8, 4) is 11.5 Å². The molecule has 7 heteroatoms. The molecular weight excluding hydrogens is 374 g/mol. The highest BCUT2D eigenvalue weighted by molar-refractivity contribution is 5.83. The van der Waals surface area contributed by atoms with E-state index >= 15 is 0 Å². The third-order valence-corrected chi connectivity index (χ3v) is 4.19. The molecular formula is C22H25NO6. The Morgan fingerprint density at radius 3 is 2.10 bits per heavy atom. The van der Waals surface area contributed by atoms with Gasteiger partial charge in [-0.2, -0.15) is 0 Å². The third-order valence-electron chi connectivity index (χ3n) is 4.19. The lowest BCUT2D eigenvalue weighted by molar-refractivity contribution is -0.141. The van der Waals surface area contributed by atoms with Crippen molar-refractivity contribution in [1.82, 2.24) is 5.32 Å². The molecule has 1 atom stereocenters. The van der Waals surface area contributed by atoms with Crippen molar-refractivity contribution < 1.29 is 29.0 Å². The van der Waals surface area contributed by atoms with Crippen molar-refractivity contribution in [2.24, 2.45) is 0 Å². The molecule has 0 aliphatic rings. The van der Waals surface area contributed by atoms with Gasteiger partial charge in [-0.05, 0) is 41.8 Å². The van der Waals surface area contributed by atoms with E-state index in [9.17, 15) is 19.5 Å². The lowest BCUT2D eigenvalue weighted by Gasteiger charge is -2.15. The molecule has 154 valence electrons. The van der Waals surface area contributed by atoms with Gasteiger partial charge < -0.3 is 19.9 Å². The average molecular weight is 399 g/mol. The highest BCUT2D eigenvalue weighted by atomic mass is 16.5. The van der Waals surface area contributed by atoms with Gasteiger partial charge in [0.1, 0.15) is 17.5 Å². The number of aryl methyl sites for hydroxylation is 1. The molecule has 29 heavy (non-hydrogen) atoms. The molecule has 2 aromatic rings. The SMILES string of the molecule is CCc1ccc(OCCC(=O)NC(Cc2ccc(OC(C)=O)cc2)C(=O)O)cc1. The Hall–Kier alpha value is -3.35. The Bertz CT molecular complexity index is 829. The van der Waals surface area contributed by atoms with Gasteiger partial charge in [0.15, 0.2) is 0 Å². The van der Waals surface area contributed by atoms with Crippen LogP contribution in [-0.4, -0.2) is 35.6 Å². The van der Waals surface area contributed by atoms with Crippen LogP contribution in [0, 0.1) is 0 Å². The molecule has 0 aromatic heterocycles. The molecule has 1 amide bonds. The van der Waals surface area contributed by atoms with Crippen molar-refractivity contribution in [2.45, 2.75) is 39.2 Å². The van der Waals surface area contributed by atoms with Gasteiger partial charge in [0.25, 0.3) is 0 Å². The molecule has 0 fully saturated rings. The van der Waals surface area contributed by atoms with E-state index < -0.39 is 23.9 Å². The van der Waals surface area contributed by atoms with E-state index in [2.05, 4.69) is 12.2 Å². The lowest BCUT2D eigenvalue weighted by Crippen LogP contribution is -2.42. The highest BCUT2D eigenvalue weighted by Crippen LogP contribution is 2.14.